The lowest BCUT2D eigenvalue weighted by molar-refractivity contribution is -0.124. The molecule has 0 bridgehead atoms. The molecule has 1 heterocycles. The lowest BCUT2D eigenvalue weighted by Gasteiger charge is -2.18. The molecule has 4 nitrogen and oxygen atoms in total. The number of thiophene rings is 1. The van der Waals surface area contributed by atoms with Gasteiger partial charge in [0.1, 0.15) is 5.82 Å². The van der Waals surface area contributed by atoms with E-state index in [2.05, 4.69) is 5.32 Å². The Bertz CT molecular complexity index is 911. The van der Waals surface area contributed by atoms with Gasteiger partial charge in [0.2, 0.25) is 0 Å². The quantitative estimate of drug-likeness (QED) is 0.612. The zero-order valence-corrected chi connectivity index (χ0v) is 15.6. The van der Waals surface area contributed by atoms with Crippen LogP contribution in [0.3, 0.4) is 0 Å². The first kappa shape index (κ1) is 19.1. The summed E-state index contributed by atoms with van der Waals surface area (Å²) in [4.78, 5) is 25.2. The summed E-state index contributed by atoms with van der Waals surface area (Å²) >= 11 is 7.25. The summed E-state index contributed by atoms with van der Waals surface area (Å²) in [5, 5.41) is 5.21. The third-order valence-corrected chi connectivity index (χ3v) is 4.94. The second-order valence-corrected chi connectivity index (χ2v) is 7.07. The van der Waals surface area contributed by atoms with E-state index < -0.39 is 24.5 Å². The van der Waals surface area contributed by atoms with Gasteiger partial charge in [-0.25, -0.2) is 9.18 Å². The van der Waals surface area contributed by atoms with Gasteiger partial charge in [0, 0.05) is 9.90 Å². The monoisotopic (exact) mass is 403 g/mol. The molecule has 0 fully saturated rings. The van der Waals surface area contributed by atoms with Crippen molar-refractivity contribution in [3.63, 3.8) is 0 Å². The highest BCUT2D eigenvalue weighted by Crippen LogP contribution is 2.26. The molecule has 1 aromatic heterocycles. The van der Waals surface area contributed by atoms with E-state index in [4.69, 9.17) is 16.3 Å². The van der Waals surface area contributed by atoms with Gasteiger partial charge in [-0.2, -0.15) is 0 Å². The summed E-state index contributed by atoms with van der Waals surface area (Å²) in [6, 6.07) is 15.4. The van der Waals surface area contributed by atoms with Crippen molar-refractivity contribution in [2.75, 3.05) is 6.61 Å². The lowest BCUT2D eigenvalue weighted by Crippen LogP contribution is -2.32. The van der Waals surface area contributed by atoms with Gasteiger partial charge in [-0.05, 0) is 53.4 Å². The van der Waals surface area contributed by atoms with E-state index in [0.29, 0.717) is 10.6 Å². The van der Waals surface area contributed by atoms with Crippen LogP contribution < -0.4 is 5.32 Å². The minimum absolute atomic E-state index is 0.306. The van der Waals surface area contributed by atoms with E-state index in [1.165, 1.54) is 35.6 Å². The van der Waals surface area contributed by atoms with Crippen molar-refractivity contribution >= 4 is 34.8 Å². The first-order valence-corrected chi connectivity index (χ1v) is 9.29. The molecule has 7 heteroatoms. The van der Waals surface area contributed by atoms with E-state index in [0.717, 1.165) is 10.4 Å². The Morgan fingerprint density at radius 3 is 2.41 bits per heavy atom. The Labute approximate surface area is 164 Å². The number of hydrogen-bond donors (Lipinski definition) is 1. The molecule has 3 aromatic rings. The molecule has 0 radical (unpaired) electrons. The minimum atomic E-state index is -0.615. The normalized spacial score (nSPS) is 11.6. The van der Waals surface area contributed by atoms with Crippen molar-refractivity contribution in [3.8, 4) is 0 Å². The van der Waals surface area contributed by atoms with Crippen LogP contribution in [0.15, 0.2) is 66.0 Å². The maximum Gasteiger partial charge on any atom is 0.338 e. The van der Waals surface area contributed by atoms with Gasteiger partial charge in [0.15, 0.2) is 6.61 Å². The van der Waals surface area contributed by atoms with E-state index in [1.807, 2.05) is 17.5 Å². The number of benzene rings is 2. The van der Waals surface area contributed by atoms with Crippen molar-refractivity contribution < 1.29 is 18.7 Å². The van der Waals surface area contributed by atoms with Crippen LogP contribution in [0.5, 0.6) is 0 Å². The molecule has 1 atom stereocenters. The number of ether oxygens (including phenoxy) is 1. The Kier molecular flexibility index (Phi) is 6.21. The maximum absolute atomic E-state index is 13.2. The van der Waals surface area contributed by atoms with Crippen molar-refractivity contribution in [2.45, 2.75) is 6.04 Å². The van der Waals surface area contributed by atoms with Crippen molar-refractivity contribution in [1.82, 2.24) is 5.32 Å². The van der Waals surface area contributed by atoms with Crippen LogP contribution in [0.25, 0.3) is 0 Å². The Balaban J connectivity index is 1.65. The van der Waals surface area contributed by atoms with Crippen molar-refractivity contribution in [3.05, 3.63) is 92.9 Å². The van der Waals surface area contributed by atoms with Crippen LogP contribution >= 0.6 is 22.9 Å². The van der Waals surface area contributed by atoms with E-state index in [9.17, 15) is 14.0 Å². The van der Waals surface area contributed by atoms with Crippen LogP contribution in [0.1, 0.15) is 26.8 Å². The van der Waals surface area contributed by atoms with Crippen molar-refractivity contribution in [1.29, 1.82) is 0 Å². The topological polar surface area (TPSA) is 55.4 Å². The fourth-order valence-corrected chi connectivity index (χ4v) is 3.36. The predicted molar refractivity (Wildman–Crippen MR) is 102 cm³/mol. The summed E-state index contributed by atoms with van der Waals surface area (Å²) in [6.45, 7) is -0.426. The van der Waals surface area contributed by atoms with Crippen LogP contribution in [-0.4, -0.2) is 18.5 Å². The van der Waals surface area contributed by atoms with Gasteiger partial charge in [-0.15, -0.1) is 11.3 Å². The van der Waals surface area contributed by atoms with Gasteiger partial charge in [-0.3, -0.25) is 4.79 Å². The Morgan fingerprint density at radius 2 is 1.78 bits per heavy atom. The summed E-state index contributed by atoms with van der Waals surface area (Å²) in [5.41, 5.74) is 1.04. The number of amides is 1. The molecule has 2 aromatic carbocycles. The first-order chi connectivity index (χ1) is 13.0. The molecule has 27 heavy (non-hydrogen) atoms. The van der Waals surface area contributed by atoms with Crippen molar-refractivity contribution in [2.24, 2.45) is 0 Å². The molecule has 0 saturated carbocycles. The summed E-state index contributed by atoms with van der Waals surface area (Å²) < 4.78 is 18.3. The number of carbonyl (C=O) groups excluding carboxylic acids is 2. The van der Waals surface area contributed by atoms with Crippen LogP contribution in [0.4, 0.5) is 4.39 Å². The summed E-state index contributed by atoms with van der Waals surface area (Å²) in [6.07, 6.45) is 0. The second-order valence-electron chi connectivity index (χ2n) is 5.65. The molecule has 0 aliphatic heterocycles. The van der Waals surface area contributed by atoms with Gasteiger partial charge in [-0.1, -0.05) is 29.8 Å². The molecule has 0 aliphatic rings. The Morgan fingerprint density at radius 1 is 1.07 bits per heavy atom. The third kappa shape index (κ3) is 5.15. The molecule has 3 rings (SSSR count). The lowest BCUT2D eigenvalue weighted by atomic mass is 10.1. The molecule has 0 aliphatic carbocycles. The van der Waals surface area contributed by atoms with Gasteiger partial charge in [0.05, 0.1) is 11.6 Å². The summed E-state index contributed by atoms with van der Waals surface area (Å²) in [5.74, 6) is -1.43. The average Bonchev–Trinajstić information content (AvgIpc) is 3.20. The van der Waals surface area contributed by atoms with Gasteiger partial charge in [0.25, 0.3) is 5.91 Å². The maximum atomic E-state index is 13.2. The van der Waals surface area contributed by atoms with Crippen LogP contribution in [-0.2, 0) is 9.53 Å². The molecule has 1 N–H and O–H groups in total. The molecule has 138 valence electrons. The number of rotatable bonds is 6. The number of nitrogens with one attached hydrogen (secondary N) is 1. The number of esters is 1. The van der Waals surface area contributed by atoms with Gasteiger partial charge < -0.3 is 10.1 Å². The number of halogens is 2. The van der Waals surface area contributed by atoms with Crippen LogP contribution in [0.2, 0.25) is 5.02 Å². The smallest absolute Gasteiger partial charge is 0.338 e. The standard InChI is InChI=1S/C20H15ClFNO3S/c21-15-7-3-14(4-8-15)20(25)26-12-18(24)23-19(17-2-1-11-27-17)13-5-9-16(22)10-6-13/h1-11,19H,12H2,(H,23,24)/t19-/m0/s1. The molecule has 0 saturated heterocycles. The number of carbonyl (C=O) groups is 2. The molecular formula is C20H15ClFNO3S. The van der Waals surface area contributed by atoms with E-state index >= 15 is 0 Å². The van der Waals surface area contributed by atoms with Crippen LogP contribution in [0, 0.1) is 5.82 Å². The zero-order chi connectivity index (χ0) is 19.2. The largest absolute Gasteiger partial charge is 0.452 e. The Hall–Kier alpha value is -2.70. The highest BCUT2D eigenvalue weighted by molar-refractivity contribution is 7.10. The van der Waals surface area contributed by atoms with E-state index in [-0.39, 0.29) is 5.82 Å². The molecular weight excluding hydrogens is 389 g/mol. The van der Waals surface area contributed by atoms with Gasteiger partial charge >= 0.3 is 5.97 Å². The fraction of sp³-hybridized carbons (Fsp3) is 0.100. The zero-order valence-electron chi connectivity index (χ0n) is 14.0. The molecule has 0 spiro atoms. The predicted octanol–water partition coefficient (Wildman–Crippen LogP) is 4.60. The van der Waals surface area contributed by atoms with E-state index in [1.54, 1.807) is 24.3 Å². The molecule has 0 unspecified atom stereocenters. The molecule has 1 amide bonds. The highest BCUT2D eigenvalue weighted by atomic mass is 35.5. The SMILES string of the molecule is O=C(COC(=O)c1ccc(Cl)cc1)N[C@@H](c1ccc(F)cc1)c1cccs1. The fourth-order valence-electron chi connectivity index (χ4n) is 2.43. The minimum Gasteiger partial charge on any atom is -0.452 e. The summed E-state index contributed by atoms with van der Waals surface area (Å²) in [7, 11) is 0. The average molecular weight is 404 g/mol. The highest BCUT2D eigenvalue weighted by Gasteiger charge is 2.19. The number of hydrogen-bond acceptors (Lipinski definition) is 4. The first-order valence-electron chi connectivity index (χ1n) is 8.04. The second kappa shape index (κ2) is 8.79. The third-order valence-electron chi connectivity index (χ3n) is 3.75.